The molecule has 430 valence electrons. The largest absolute Gasteiger partial charge is 0.472 e. The zero-order valence-corrected chi connectivity index (χ0v) is 48.3. The van der Waals surface area contributed by atoms with Crippen LogP contribution in [0.25, 0.3) is 0 Å². The number of aliphatic hydroxyl groups excluding tert-OH is 1. The van der Waals surface area contributed by atoms with Crippen molar-refractivity contribution in [2.45, 2.75) is 226 Å². The predicted molar refractivity (Wildman–Crippen MR) is 316 cm³/mol. The van der Waals surface area contributed by atoms with Gasteiger partial charge in [0, 0.05) is 19.3 Å². The van der Waals surface area contributed by atoms with E-state index in [1.807, 2.05) is 0 Å². The fraction of sp³-hybridized carbons (Fsp3) is 0.609. The second kappa shape index (κ2) is 56.8. The summed E-state index contributed by atoms with van der Waals surface area (Å²) in [6.45, 7) is 4.25. The molecule has 0 aromatic heterocycles. The number of carbonyl (C=O) groups is 3. The molecule has 76 heavy (non-hydrogen) atoms. The molecule has 0 rings (SSSR count). The minimum Gasteiger partial charge on any atom is -0.462 e. The van der Waals surface area contributed by atoms with Crippen LogP contribution in [0.4, 0.5) is 0 Å². The van der Waals surface area contributed by atoms with Gasteiger partial charge in [-0.15, -0.1) is 0 Å². The van der Waals surface area contributed by atoms with Gasteiger partial charge in [-0.25, -0.2) is 4.57 Å². The first kappa shape index (κ1) is 71.6. The van der Waals surface area contributed by atoms with Crippen molar-refractivity contribution < 1.29 is 52.2 Å². The van der Waals surface area contributed by atoms with Gasteiger partial charge in [0.25, 0.3) is 0 Å². The predicted octanol–water partition coefficient (Wildman–Crippen LogP) is 17.4. The fourth-order valence-corrected chi connectivity index (χ4v) is 7.96. The van der Waals surface area contributed by atoms with Crippen molar-refractivity contribution in [3.8, 4) is 0 Å². The molecule has 0 aliphatic carbocycles. The quantitative estimate of drug-likeness (QED) is 0.0197. The first-order valence-corrected chi connectivity index (χ1v) is 30.6. The average Bonchev–Trinajstić information content (AvgIpc) is 3.41. The van der Waals surface area contributed by atoms with Crippen LogP contribution in [0, 0.1) is 0 Å². The minimum atomic E-state index is -4.78. The highest BCUT2D eigenvalue weighted by atomic mass is 31.2. The third-order valence-electron chi connectivity index (χ3n) is 11.5. The van der Waals surface area contributed by atoms with Crippen LogP contribution in [0.3, 0.4) is 0 Å². The molecule has 0 aromatic carbocycles. The van der Waals surface area contributed by atoms with E-state index in [-0.39, 0.29) is 25.9 Å². The molecule has 3 unspecified atom stereocenters. The molecule has 0 fully saturated rings. The summed E-state index contributed by atoms with van der Waals surface area (Å²) in [4.78, 5) is 48.6. The summed E-state index contributed by atoms with van der Waals surface area (Å²) in [6, 6.07) is 0. The van der Waals surface area contributed by atoms with E-state index in [1.165, 1.54) is 0 Å². The van der Waals surface area contributed by atoms with Gasteiger partial charge in [0.1, 0.15) is 12.7 Å². The minimum absolute atomic E-state index is 0.123. The SMILES string of the molecule is CC/C=C\C/C=C\C/C=C\C/C=C\C/C=C\CCCCCC(=O)OCC(COP(=O)(O)OCC(CO)OC(=O)CCCCCCC/C=C\C/C=C\CCC)OC(=O)CCCCCC/C=C\C/C=C\C/C=C\C/C=C\CC. The number of hydrogen-bond donors (Lipinski definition) is 2. The van der Waals surface area contributed by atoms with Crippen molar-refractivity contribution in [3.63, 3.8) is 0 Å². The Morgan fingerprint density at radius 1 is 0.382 bits per heavy atom. The molecule has 0 bridgehead atoms. The van der Waals surface area contributed by atoms with Gasteiger partial charge in [0.2, 0.25) is 0 Å². The molecule has 12 heteroatoms. The molecule has 2 N–H and O–H groups in total. The van der Waals surface area contributed by atoms with E-state index in [4.69, 9.17) is 23.3 Å². The van der Waals surface area contributed by atoms with Crippen LogP contribution in [0.15, 0.2) is 134 Å². The van der Waals surface area contributed by atoms with E-state index in [0.717, 1.165) is 154 Å². The van der Waals surface area contributed by atoms with E-state index < -0.39 is 57.8 Å². The first-order valence-electron chi connectivity index (χ1n) is 29.1. The maximum atomic E-state index is 12.9. The Kier molecular flexibility index (Phi) is 53.5. The van der Waals surface area contributed by atoms with Crippen LogP contribution in [0.5, 0.6) is 0 Å². The van der Waals surface area contributed by atoms with Gasteiger partial charge in [0.15, 0.2) is 6.10 Å². The number of hydrogen-bond acceptors (Lipinski definition) is 10. The molecule has 0 aromatic rings. The second-order valence-electron chi connectivity index (χ2n) is 18.7. The molecule has 11 nitrogen and oxygen atoms in total. The summed E-state index contributed by atoms with van der Waals surface area (Å²) in [5.74, 6) is -1.56. The van der Waals surface area contributed by atoms with Crippen LogP contribution >= 0.6 is 7.82 Å². The highest BCUT2D eigenvalue weighted by molar-refractivity contribution is 7.47. The molecular weight excluding hydrogens is 976 g/mol. The Morgan fingerprint density at radius 3 is 1.07 bits per heavy atom. The van der Waals surface area contributed by atoms with E-state index in [9.17, 15) is 28.9 Å². The van der Waals surface area contributed by atoms with Crippen LogP contribution < -0.4 is 0 Å². The second-order valence-corrected chi connectivity index (χ2v) is 20.1. The van der Waals surface area contributed by atoms with Gasteiger partial charge in [-0.3, -0.25) is 23.4 Å². The van der Waals surface area contributed by atoms with Gasteiger partial charge < -0.3 is 24.2 Å². The number of aliphatic hydroxyl groups is 1. The lowest BCUT2D eigenvalue weighted by Crippen LogP contribution is -2.30. The molecule has 0 saturated carbocycles. The van der Waals surface area contributed by atoms with E-state index in [2.05, 4.69) is 154 Å². The van der Waals surface area contributed by atoms with Crippen molar-refractivity contribution >= 4 is 25.7 Å². The number of phosphoric ester groups is 1. The van der Waals surface area contributed by atoms with E-state index in [0.29, 0.717) is 19.3 Å². The number of rotatable bonds is 52. The smallest absolute Gasteiger partial charge is 0.462 e. The van der Waals surface area contributed by atoms with Crippen LogP contribution in [-0.2, 0) is 42.2 Å². The lowest BCUT2D eigenvalue weighted by molar-refractivity contribution is -0.161. The third-order valence-corrected chi connectivity index (χ3v) is 12.5. The molecule has 0 spiro atoms. The Morgan fingerprint density at radius 2 is 0.684 bits per heavy atom. The Hall–Kier alpha value is -4.38. The van der Waals surface area contributed by atoms with Gasteiger partial charge in [0.05, 0.1) is 19.8 Å². The van der Waals surface area contributed by atoms with Crippen LogP contribution in [0.2, 0.25) is 0 Å². The average molecular weight is 1080 g/mol. The van der Waals surface area contributed by atoms with Crippen LogP contribution in [0.1, 0.15) is 213 Å². The fourth-order valence-electron chi connectivity index (χ4n) is 7.17. The number of ether oxygens (including phenoxy) is 3. The third kappa shape index (κ3) is 54.4. The Balaban J connectivity index is 4.86. The first-order chi connectivity index (χ1) is 37.2. The molecule has 0 saturated heterocycles. The Labute approximate surface area is 461 Å². The maximum Gasteiger partial charge on any atom is 0.472 e. The summed E-state index contributed by atoms with van der Waals surface area (Å²) in [5, 5.41) is 9.81. The van der Waals surface area contributed by atoms with Crippen molar-refractivity contribution in [3.05, 3.63) is 134 Å². The lowest BCUT2D eigenvalue weighted by atomic mass is 10.1. The van der Waals surface area contributed by atoms with Crippen LogP contribution in [-0.4, -0.2) is 66.5 Å². The number of unbranched alkanes of at least 4 members (excludes halogenated alkanes) is 13. The molecule has 0 heterocycles. The zero-order chi connectivity index (χ0) is 55.5. The highest BCUT2D eigenvalue weighted by Gasteiger charge is 2.28. The molecule has 0 aliphatic rings. The monoisotopic (exact) mass is 1080 g/mol. The molecular formula is C64H103O11P. The van der Waals surface area contributed by atoms with Gasteiger partial charge in [-0.05, 0) is 128 Å². The van der Waals surface area contributed by atoms with Crippen molar-refractivity contribution in [2.75, 3.05) is 26.4 Å². The topological polar surface area (TPSA) is 155 Å². The number of carbonyl (C=O) groups excluding carboxylic acids is 3. The number of allylic oxidation sites excluding steroid dienone is 22. The number of esters is 3. The molecule has 0 aliphatic heterocycles. The van der Waals surface area contributed by atoms with Crippen molar-refractivity contribution in [2.24, 2.45) is 0 Å². The van der Waals surface area contributed by atoms with Gasteiger partial charge in [-0.1, -0.05) is 199 Å². The summed E-state index contributed by atoms with van der Waals surface area (Å²) in [5.41, 5.74) is 0. The van der Waals surface area contributed by atoms with Crippen molar-refractivity contribution in [1.29, 1.82) is 0 Å². The molecule has 0 radical (unpaired) electrons. The molecule has 3 atom stereocenters. The summed E-state index contributed by atoms with van der Waals surface area (Å²) in [6.07, 6.45) is 71.2. The van der Waals surface area contributed by atoms with Gasteiger partial charge in [-0.2, -0.15) is 0 Å². The maximum absolute atomic E-state index is 12.9. The highest BCUT2D eigenvalue weighted by Crippen LogP contribution is 2.43. The lowest BCUT2D eigenvalue weighted by Gasteiger charge is -2.21. The molecule has 0 amide bonds. The zero-order valence-electron chi connectivity index (χ0n) is 47.4. The summed E-state index contributed by atoms with van der Waals surface area (Å²) >= 11 is 0. The van der Waals surface area contributed by atoms with E-state index >= 15 is 0 Å². The number of phosphoric acid groups is 1. The normalized spacial score (nSPS) is 14.3. The van der Waals surface area contributed by atoms with E-state index in [1.54, 1.807) is 0 Å². The summed E-state index contributed by atoms with van der Waals surface area (Å²) < 4.78 is 39.5. The summed E-state index contributed by atoms with van der Waals surface area (Å²) in [7, 11) is -4.78. The standard InChI is InChI=1S/C64H103O11P/c1-4-7-10-13-16-19-22-25-27-29-30-32-33-36-38-41-44-47-50-53-62(66)71-57-61(75-64(68)55-52-49-46-43-40-37-34-31-28-26-23-20-17-14-11-8-5-2)59-73-76(69,70)72-58-60(56-65)74-63(67)54-51-48-45-42-39-35-24-21-18-15-12-9-6-3/h7-8,10-12,15-17,19-21,24-28,30,32,34,36-38,60-61,65H,4-6,9,13-14,18,22-23,29,31,33,35,39-59H2,1-3H3,(H,69,70)/b10-7-,11-8-,15-12-,19-16-,20-17-,24-21-,27-25-,28-26-,32-30-,37-34-,38-36-. The Bertz CT molecular complexity index is 1780. The van der Waals surface area contributed by atoms with Crippen molar-refractivity contribution in [1.82, 2.24) is 0 Å². The van der Waals surface area contributed by atoms with Gasteiger partial charge >= 0.3 is 25.7 Å².